The van der Waals surface area contributed by atoms with Crippen LogP contribution in [-0.2, 0) is 11.3 Å². The normalized spacial score (nSPS) is 14.4. The second-order valence-electron chi connectivity index (χ2n) is 9.09. The summed E-state index contributed by atoms with van der Waals surface area (Å²) in [5.41, 5.74) is 13.3. The lowest BCUT2D eigenvalue weighted by molar-refractivity contribution is -0.115. The number of hydrogen-bond acceptors (Lipinski definition) is 9. The van der Waals surface area contributed by atoms with Gasteiger partial charge in [-0.2, -0.15) is 5.10 Å². The molecule has 2 aromatic carbocycles. The molecule has 0 atom stereocenters. The van der Waals surface area contributed by atoms with E-state index in [4.69, 9.17) is 16.6 Å². The maximum absolute atomic E-state index is 12.1. The van der Waals surface area contributed by atoms with Crippen molar-refractivity contribution in [3.05, 3.63) is 78.8 Å². The van der Waals surface area contributed by atoms with Crippen LogP contribution in [0, 0.1) is 0 Å². The van der Waals surface area contributed by atoms with Crippen molar-refractivity contribution in [3.63, 3.8) is 0 Å². The first-order valence-corrected chi connectivity index (χ1v) is 12.4. The van der Waals surface area contributed by atoms with Crippen molar-refractivity contribution in [1.82, 2.24) is 25.4 Å². The van der Waals surface area contributed by atoms with Gasteiger partial charge in [-0.05, 0) is 47.0 Å². The van der Waals surface area contributed by atoms with Crippen LogP contribution in [0.4, 0.5) is 11.5 Å². The summed E-state index contributed by atoms with van der Waals surface area (Å²) in [5.74, 6) is 5.79. The van der Waals surface area contributed by atoms with Crippen molar-refractivity contribution in [3.8, 4) is 11.1 Å². The maximum atomic E-state index is 12.1. The first-order chi connectivity index (χ1) is 18.6. The van der Waals surface area contributed by atoms with E-state index in [0.717, 1.165) is 60.7 Å². The fourth-order valence-electron chi connectivity index (χ4n) is 4.46. The largest absolute Gasteiger partial charge is 0.385 e. The fourth-order valence-corrected chi connectivity index (χ4v) is 4.46. The number of hydrazone groups is 1. The molecule has 0 unspecified atom stereocenters. The molecule has 11 nitrogen and oxygen atoms in total. The number of amidine groups is 1. The second-order valence-corrected chi connectivity index (χ2v) is 9.09. The van der Waals surface area contributed by atoms with Crippen molar-refractivity contribution < 1.29 is 4.79 Å². The number of amides is 1. The van der Waals surface area contributed by atoms with Crippen LogP contribution < -0.4 is 27.3 Å². The summed E-state index contributed by atoms with van der Waals surface area (Å²) in [5, 5.41) is 6.38. The van der Waals surface area contributed by atoms with Crippen LogP contribution in [0.3, 0.4) is 0 Å². The van der Waals surface area contributed by atoms with Gasteiger partial charge in [-0.15, -0.1) is 0 Å². The van der Waals surface area contributed by atoms with E-state index in [0.29, 0.717) is 5.69 Å². The molecule has 0 saturated carbocycles. The van der Waals surface area contributed by atoms with Gasteiger partial charge in [0.05, 0.1) is 23.7 Å². The molecule has 1 aliphatic rings. The SMILES string of the molecule is NNN=C(N)CC(=O)Nc1ccc(-c2ccc3ncc(N4CCN(Cc5cccnc5)CC4)nc3c2)cc1. The molecule has 0 bridgehead atoms. The zero-order valence-corrected chi connectivity index (χ0v) is 20.9. The third-order valence-electron chi connectivity index (χ3n) is 6.41. The summed E-state index contributed by atoms with van der Waals surface area (Å²) >= 11 is 0. The fraction of sp³-hybridized carbons (Fsp3) is 0.222. The average Bonchev–Trinajstić information content (AvgIpc) is 2.94. The maximum Gasteiger partial charge on any atom is 0.232 e. The minimum absolute atomic E-state index is 0.0583. The van der Waals surface area contributed by atoms with Gasteiger partial charge in [-0.1, -0.05) is 24.3 Å². The van der Waals surface area contributed by atoms with Crippen molar-refractivity contribution in [2.24, 2.45) is 16.7 Å². The van der Waals surface area contributed by atoms with Crippen molar-refractivity contribution >= 4 is 34.3 Å². The van der Waals surface area contributed by atoms with Gasteiger partial charge in [0.1, 0.15) is 11.7 Å². The summed E-state index contributed by atoms with van der Waals surface area (Å²) < 4.78 is 0. The lowest BCUT2D eigenvalue weighted by atomic mass is 10.0. The van der Waals surface area contributed by atoms with Crippen LogP contribution in [0.5, 0.6) is 0 Å². The Bertz CT molecular complexity index is 1420. The lowest BCUT2D eigenvalue weighted by Gasteiger charge is -2.35. The zero-order chi connectivity index (χ0) is 26.3. The highest BCUT2D eigenvalue weighted by molar-refractivity contribution is 6.05. The van der Waals surface area contributed by atoms with E-state index in [1.807, 2.05) is 54.9 Å². The number of hydrazine groups is 1. The molecule has 3 heterocycles. The van der Waals surface area contributed by atoms with Gasteiger partial charge >= 0.3 is 0 Å². The van der Waals surface area contributed by atoms with Crippen LogP contribution in [0.15, 0.2) is 78.3 Å². The number of benzene rings is 2. The van der Waals surface area contributed by atoms with Crippen molar-refractivity contribution in [2.75, 3.05) is 36.4 Å². The molecule has 1 fully saturated rings. The van der Waals surface area contributed by atoms with Crippen LogP contribution in [0.1, 0.15) is 12.0 Å². The Kier molecular flexibility index (Phi) is 7.67. The number of hydrogen-bond donors (Lipinski definition) is 4. The van der Waals surface area contributed by atoms with Gasteiger partial charge in [-0.25, -0.2) is 16.4 Å². The van der Waals surface area contributed by atoms with E-state index in [9.17, 15) is 4.79 Å². The van der Waals surface area contributed by atoms with Gasteiger partial charge in [0.25, 0.3) is 0 Å². The Morgan fingerprint density at radius 3 is 2.50 bits per heavy atom. The van der Waals surface area contributed by atoms with Gasteiger partial charge in [-0.3, -0.25) is 19.7 Å². The van der Waals surface area contributed by atoms with Crippen molar-refractivity contribution in [1.29, 1.82) is 0 Å². The number of pyridine rings is 1. The van der Waals surface area contributed by atoms with E-state index in [2.05, 4.69) is 47.9 Å². The van der Waals surface area contributed by atoms with Crippen LogP contribution in [0.25, 0.3) is 22.2 Å². The zero-order valence-electron chi connectivity index (χ0n) is 20.9. The van der Waals surface area contributed by atoms with Gasteiger partial charge in [0, 0.05) is 50.8 Å². The molecule has 1 amide bonds. The molecule has 0 spiro atoms. The molecule has 38 heavy (non-hydrogen) atoms. The third-order valence-corrected chi connectivity index (χ3v) is 6.41. The summed E-state index contributed by atoms with van der Waals surface area (Å²) in [4.78, 5) is 30.6. The number of carbonyl (C=O) groups excluding carboxylic acids is 1. The molecule has 4 aromatic rings. The molecule has 1 aliphatic heterocycles. The molecular weight excluding hydrogens is 480 g/mol. The number of nitrogens with one attached hydrogen (secondary N) is 2. The number of piperazine rings is 1. The molecule has 0 radical (unpaired) electrons. The summed E-state index contributed by atoms with van der Waals surface area (Å²) in [7, 11) is 0. The smallest absolute Gasteiger partial charge is 0.232 e. The Morgan fingerprint density at radius 1 is 0.974 bits per heavy atom. The molecule has 5 rings (SSSR count). The molecule has 2 aromatic heterocycles. The van der Waals surface area contributed by atoms with E-state index < -0.39 is 0 Å². The van der Waals surface area contributed by atoms with Crippen LogP contribution in [-0.4, -0.2) is 57.8 Å². The first kappa shape index (κ1) is 25.1. The molecule has 0 aliphatic carbocycles. The number of carbonyl (C=O) groups is 1. The van der Waals surface area contributed by atoms with Gasteiger partial charge in [0.15, 0.2) is 0 Å². The quantitative estimate of drug-likeness (QED) is 0.121. The molecule has 11 heteroatoms. The highest BCUT2D eigenvalue weighted by Gasteiger charge is 2.19. The Hall–Kier alpha value is -4.61. The van der Waals surface area contributed by atoms with E-state index in [-0.39, 0.29) is 18.2 Å². The second kappa shape index (κ2) is 11.6. The molecular formula is C27H30N10O. The minimum Gasteiger partial charge on any atom is -0.385 e. The highest BCUT2D eigenvalue weighted by Crippen LogP contribution is 2.26. The Labute approximate surface area is 220 Å². The minimum atomic E-state index is -0.277. The number of nitrogens with two attached hydrogens (primary N) is 2. The van der Waals surface area contributed by atoms with E-state index in [1.165, 1.54) is 5.56 Å². The highest BCUT2D eigenvalue weighted by atomic mass is 16.1. The molecule has 6 N–H and O–H groups in total. The molecule has 1 saturated heterocycles. The third kappa shape index (κ3) is 6.20. The first-order valence-electron chi connectivity index (χ1n) is 12.4. The topological polar surface area (TPSA) is 151 Å². The summed E-state index contributed by atoms with van der Waals surface area (Å²) in [6, 6.07) is 17.8. The number of rotatable bonds is 8. The average molecular weight is 511 g/mol. The summed E-state index contributed by atoms with van der Waals surface area (Å²) in [6.45, 7) is 4.62. The van der Waals surface area contributed by atoms with Gasteiger partial charge in [0.2, 0.25) is 5.91 Å². The van der Waals surface area contributed by atoms with E-state index in [1.54, 1.807) is 6.20 Å². The number of nitrogens with zero attached hydrogens (tertiary/aromatic N) is 6. The molecule has 194 valence electrons. The standard InChI is InChI=1S/C27H30N10O/c28-25(34-35-29)15-27(38)32-22-6-3-20(4-7-22)21-5-8-23-24(14-21)33-26(17-31-23)37-12-10-36(11-13-37)18-19-2-1-9-30-16-19/h1-9,14,16-17,35H,10-13,15,18,29H2,(H2,28,34)(H,32,38). The number of fused-ring (bicyclic) bond motifs is 1. The van der Waals surface area contributed by atoms with E-state index >= 15 is 0 Å². The number of anilines is 2. The van der Waals surface area contributed by atoms with Crippen LogP contribution >= 0.6 is 0 Å². The Morgan fingerprint density at radius 2 is 1.76 bits per heavy atom. The van der Waals surface area contributed by atoms with Gasteiger partial charge < -0.3 is 16.0 Å². The van der Waals surface area contributed by atoms with Crippen molar-refractivity contribution in [2.45, 2.75) is 13.0 Å². The monoisotopic (exact) mass is 510 g/mol. The van der Waals surface area contributed by atoms with Crippen LogP contribution in [0.2, 0.25) is 0 Å². The Balaban J connectivity index is 1.24. The lowest BCUT2D eigenvalue weighted by Crippen LogP contribution is -2.46. The number of aromatic nitrogens is 3. The summed E-state index contributed by atoms with van der Waals surface area (Å²) in [6.07, 6.45) is 5.53. The predicted octanol–water partition coefficient (Wildman–Crippen LogP) is 2.08. The predicted molar refractivity (Wildman–Crippen MR) is 149 cm³/mol.